The monoisotopic (exact) mass is 280 g/mol. The molecule has 0 spiro atoms. The fourth-order valence-electron chi connectivity index (χ4n) is 2.55. The van der Waals surface area contributed by atoms with E-state index in [1.54, 1.807) is 0 Å². The van der Waals surface area contributed by atoms with Gasteiger partial charge in [0.05, 0.1) is 0 Å². The summed E-state index contributed by atoms with van der Waals surface area (Å²) < 4.78 is 0. The van der Waals surface area contributed by atoms with E-state index in [9.17, 15) is 4.79 Å². The third kappa shape index (κ3) is 3.95. The van der Waals surface area contributed by atoms with E-state index in [1.807, 2.05) is 26.0 Å². The van der Waals surface area contributed by atoms with Crippen LogP contribution in [0.3, 0.4) is 0 Å². The van der Waals surface area contributed by atoms with Crippen molar-refractivity contribution in [1.82, 2.24) is 10.6 Å². The number of amides is 1. The zero-order valence-electron chi connectivity index (χ0n) is 11.5. The third-order valence-corrected chi connectivity index (χ3v) is 3.61. The molecule has 0 heterocycles. The molecule has 0 saturated heterocycles. The predicted octanol–water partition coefficient (Wildman–Crippen LogP) is 2.83. The summed E-state index contributed by atoms with van der Waals surface area (Å²) in [4.78, 5) is 11.5. The lowest BCUT2D eigenvalue weighted by Crippen LogP contribution is -2.33. The van der Waals surface area contributed by atoms with Crippen molar-refractivity contribution in [2.45, 2.75) is 45.2 Å². The largest absolute Gasteiger partial charge is 0.354 e. The van der Waals surface area contributed by atoms with E-state index in [4.69, 9.17) is 11.6 Å². The summed E-state index contributed by atoms with van der Waals surface area (Å²) in [7, 11) is 0. The summed E-state index contributed by atoms with van der Waals surface area (Å²) in [6.45, 7) is 4.66. The first-order valence-electron chi connectivity index (χ1n) is 6.87. The fourth-order valence-corrected chi connectivity index (χ4v) is 2.75. The lowest BCUT2D eigenvalue weighted by molar-refractivity contribution is -0.121. The first-order chi connectivity index (χ1) is 9.06. The molecule has 19 heavy (non-hydrogen) atoms. The van der Waals surface area contributed by atoms with Crippen molar-refractivity contribution in [2.24, 2.45) is 0 Å². The Morgan fingerprint density at radius 2 is 2.26 bits per heavy atom. The van der Waals surface area contributed by atoms with Crippen molar-refractivity contribution < 1.29 is 4.79 Å². The minimum atomic E-state index is 0.108. The van der Waals surface area contributed by atoms with Gasteiger partial charge in [-0.1, -0.05) is 17.7 Å². The molecule has 1 amide bonds. The Bertz CT molecular complexity index is 459. The van der Waals surface area contributed by atoms with Crippen LogP contribution >= 0.6 is 11.6 Å². The molecule has 0 bridgehead atoms. The molecule has 0 saturated carbocycles. The Kier molecular flexibility index (Phi) is 4.83. The van der Waals surface area contributed by atoms with Gasteiger partial charge in [0, 0.05) is 30.1 Å². The van der Waals surface area contributed by atoms with Crippen molar-refractivity contribution in [3.05, 3.63) is 34.3 Å². The minimum absolute atomic E-state index is 0.108. The average Bonchev–Trinajstić information content (AvgIpc) is 2.70. The van der Waals surface area contributed by atoms with Crippen LogP contribution in [0.5, 0.6) is 0 Å². The zero-order valence-corrected chi connectivity index (χ0v) is 12.3. The summed E-state index contributed by atoms with van der Waals surface area (Å²) in [5, 5.41) is 7.16. The Labute approximate surface area is 119 Å². The molecule has 1 atom stereocenters. The molecule has 0 aromatic heterocycles. The second-order valence-corrected chi connectivity index (χ2v) is 5.80. The highest BCUT2D eigenvalue weighted by molar-refractivity contribution is 6.30. The second kappa shape index (κ2) is 6.40. The molecule has 2 rings (SSSR count). The Balaban J connectivity index is 1.82. The first-order valence-corrected chi connectivity index (χ1v) is 7.25. The van der Waals surface area contributed by atoms with Crippen molar-refractivity contribution in [3.8, 4) is 0 Å². The van der Waals surface area contributed by atoms with Crippen molar-refractivity contribution in [1.29, 1.82) is 0 Å². The van der Waals surface area contributed by atoms with Crippen molar-refractivity contribution in [2.75, 3.05) is 6.54 Å². The SMILES string of the molecule is CC(C)NC(=O)CCNC1CCc2cc(Cl)ccc21. The highest BCUT2D eigenvalue weighted by Gasteiger charge is 2.21. The molecule has 0 radical (unpaired) electrons. The van der Waals surface area contributed by atoms with Crippen molar-refractivity contribution in [3.63, 3.8) is 0 Å². The van der Waals surface area contributed by atoms with Gasteiger partial charge in [-0.15, -0.1) is 0 Å². The van der Waals surface area contributed by atoms with Gasteiger partial charge in [-0.3, -0.25) is 4.79 Å². The molecule has 1 aliphatic carbocycles. The number of nitrogens with one attached hydrogen (secondary N) is 2. The molecule has 3 nitrogen and oxygen atoms in total. The Hall–Kier alpha value is -1.06. The molecule has 4 heteroatoms. The maximum absolute atomic E-state index is 11.5. The number of rotatable bonds is 5. The second-order valence-electron chi connectivity index (χ2n) is 5.36. The van der Waals surface area contributed by atoms with Crippen LogP contribution in [0.1, 0.15) is 43.9 Å². The number of carbonyl (C=O) groups excluding carboxylic acids is 1. The van der Waals surface area contributed by atoms with Gasteiger partial charge in [0.25, 0.3) is 0 Å². The summed E-state index contributed by atoms with van der Waals surface area (Å²) in [6, 6.07) is 6.65. The van der Waals surface area contributed by atoms with Gasteiger partial charge in [0.2, 0.25) is 5.91 Å². The molecular weight excluding hydrogens is 260 g/mol. The first kappa shape index (κ1) is 14.4. The minimum Gasteiger partial charge on any atom is -0.354 e. The van der Waals surface area contributed by atoms with E-state index in [2.05, 4.69) is 16.7 Å². The summed E-state index contributed by atoms with van der Waals surface area (Å²) in [5.41, 5.74) is 2.66. The number of fused-ring (bicyclic) bond motifs is 1. The van der Waals surface area contributed by atoms with Gasteiger partial charge in [-0.05, 0) is 49.9 Å². The van der Waals surface area contributed by atoms with E-state index < -0.39 is 0 Å². The Morgan fingerprint density at radius 1 is 1.47 bits per heavy atom. The number of carbonyl (C=O) groups is 1. The predicted molar refractivity (Wildman–Crippen MR) is 78.4 cm³/mol. The number of halogens is 1. The molecular formula is C15H21ClN2O. The maximum Gasteiger partial charge on any atom is 0.221 e. The number of hydrogen-bond acceptors (Lipinski definition) is 2. The normalized spacial score (nSPS) is 17.6. The highest BCUT2D eigenvalue weighted by Crippen LogP contribution is 2.32. The average molecular weight is 281 g/mol. The van der Waals surface area contributed by atoms with Crippen LogP contribution < -0.4 is 10.6 Å². The van der Waals surface area contributed by atoms with E-state index in [0.717, 1.165) is 17.9 Å². The molecule has 2 N–H and O–H groups in total. The maximum atomic E-state index is 11.5. The van der Waals surface area contributed by atoms with Crippen LogP contribution in [0, 0.1) is 0 Å². The number of hydrogen-bond donors (Lipinski definition) is 2. The topological polar surface area (TPSA) is 41.1 Å². The van der Waals surface area contributed by atoms with Gasteiger partial charge in [-0.25, -0.2) is 0 Å². The van der Waals surface area contributed by atoms with E-state index in [0.29, 0.717) is 19.0 Å². The van der Waals surface area contributed by atoms with E-state index >= 15 is 0 Å². The smallest absolute Gasteiger partial charge is 0.221 e. The van der Waals surface area contributed by atoms with Gasteiger partial charge in [-0.2, -0.15) is 0 Å². The molecule has 0 aliphatic heterocycles. The quantitative estimate of drug-likeness (QED) is 0.871. The molecule has 1 aromatic carbocycles. The van der Waals surface area contributed by atoms with E-state index in [1.165, 1.54) is 11.1 Å². The molecule has 104 valence electrons. The van der Waals surface area contributed by atoms with Gasteiger partial charge >= 0.3 is 0 Å². The van der Waals surface area contributed by atoms with Crippen molar-refractivity contribution >= 4 is 17.5 Å². The lowest BCUT2D eigenvalue weighted by Gasteiger charge is -2.14. The fraction of sp³-hybridized carbons (Fsp3) is 0.533. The molecule has 1 unspecified atom stereocenters. The number of aryl methyl sites for hydroxylation is 1. The standard InChI is InChI=1S/C15H21ClN2O/c1-10(2)18-15(19)7-8-17-14-6-3-11-9-12(16)4-5-13(11)14/h4-5,9-10,14,17H,3,6-8H2,1-2H3,(H,18,19). The molecule has 1 aliphatic rings. The van der Waals surface area contributed by atoms with Gasteiger partial charge < -0.3 is 10.6 Å². The van der Waals surface area contributed by atoms with Crippen LogP contribution in [-0.4, -0.2) is 18.5 Å². The lowest BCUT2D eigenvalue weighted by atomic mass is 10.1. The summed E-state index contributed by atoms with van der Waals surface area (Å²) >= 11 is 5.99. The summed E-state index contributed by atoms with van der Waals surface area (Å²) in [5.74, 6) is 0.108. The van der Waals surface area contributed by atoms with Crippen LogP contribution in [0.15, 0.2) is 18.2 Å². The zero-order chi connectivity index (χ0) is 13.8. The number of benzene rings is 1. The van der Waals surface area contributed by atoms with E-state index in [-0.39, 0.29) is 11.9 Å². The Morgan fingerprint density at radius 3 is 3.00 bits per heavy atom. The van der Waals surface area contributed by atoms with Crippen LogP contribution in [0.4, 0.5) is 0 Å². The summed E-state index contributed by atoms with van der Waals surface area (Å²) in [6.07, 6.45) is 2.67. The van der Waals surface area contributed by atoms with Gasteiger partial charge in [0.15, 0.2) is 0 Å². The molecule has 0 fully saturated rings. The highest BCUT2D eigenvalue weighted by atomic mass is 35.5. The molecule has 1 aromatic rings. The van der Waals surface area contributed by atoms with Crippen LogP contribution in [0.25, 0.3) is 0 Å². The van der Waals surface area contributed by atoms with Crippen LogP contribution in [-0.2, 0) is 11.2 Å². The van der Waals surface area contributed by atoms with Gasteiger partial charge in [0.1, 0.15) is 0 Å². The third-order valence-electron chi connectivity index (χ3n) is 3.38. The van der Waals surface area contributed by atoms with Crippen LogP contribution in [0.2, 0.25) is 5.02 Å².